The highest BCUT2D eigenvalue weighted by Crippen LogP contribution is 2.29. The summed E-state index contributed by atoms with van der Waals surface area (Å²) in [5.74, 6) is 0. The molecule has 1 aromatic rings. The van der Waals surface area contributed by atoms with Crippen LogP contribution >= 0.6 is 22.6 Å². The van der Waals surface area contributed by atoms with Gasteiger partial charge in [0.1, 0.15) is 0 Å². The third kappa shape index (κ3) is 3.02. The summed E-state index contributed by atoms with van der Waals surface area (Å²) in [7, 11) is 0. The van der Waals surface area contributed by atoms with Gasteiger partial charge in [0, 0.05) is 9.61 Å². The van der Waals surface area contributed by atoms with E-state index in [1.54, 1.807) is 11.1 Å². The smallest absolute Gasteiger partial charge is 0.0177 e. The fourth-order valence-electron chi connectivity index (χ4n) is 2.89. The van der Waals surface area contributed by atoms with E-state index in [0.29, 0.717) is 0 Å². The van der Waals surface area contributed by atoms with Gasteiger partial charge in [-0.15, -0.1) is 0 Å². The molecule has 0 bridgehead atoms. The summed E-state index contributed by atoms with van der Waals surface area (Å²) in [4.78, 5) is 2.69. The monoisotopic (exact) mass is 343 g/mol. The molecule has 2 heteroatoms. The summed E-state index contributed by atoms with van der Waals surface area (Å²) in [6.45, 7) is 7.08. The predicted octanol–water partition coefficient (Wildman–Crippen LogP) is 3.88. The zero-order chi connectivity index (χ0) is 12.3. The lowest BCUT2D eigenvalue weighted by Crippen LogP contribution is -2.37. The average molecular weight is 343 g/mol. The van der Waals surface area contributed by atoms with Gasteiger partial charge in [-0.1, -0.05) is 26.0 Å². The van der Waals surface area contributed by atoms with E-state index >= 15 is 0 Å². The van der Waals surface area contributed by atoms with Crippen molar-refractivity contribution in [2.75, 3.05) is 13.1 Å². The Hall–Kier alpha value is -0.0900. The Kier molecular flexibility index (Phi) is 4.86. The van der Waals surface area contributed by atoms with Gasteiger partial charge in [-0.3, -0.25) is 4.90 Å². The molecule has 0 saturated carbocycles. The van der Waals surface area contributed by atoms with Gasteiger partial charge >= 0.3 is 0 Å². The molecule has 1 aromatic carbocycles. The molecule has 0 N–H and O–H groups in total. The molecular formula is C15H22IN. The molecule has 0 saturated heterocycles. The number of fused-ring (bicyclic) bond motifs is 1. The summed E-state index contributed by atoms with van der Waals surface area (Å²) in [6, 6.07) is 7.51. The Morgan fingerprint density at radius 2 is 1.88 bits per heavy atom. The number of rotatable bonds is 5. The summed E-state index contributed by atoms with van der Waals surface area (Å²) < 4.78 is 1.45. The van der Waals surface area contributed by atoms with Crippen molar-refractivity contribution in [1.82, 2.24) is 4.90 Å². The van der Waals surface area contributed by atoms with Crippen molar-refractivity contribution < 1.29 is 0 Å². The van der Waals surface area contributed by atoms with Crippen molar-refractivity contribution >= 4 is 22.6 Å². The lowest BCUT2D eigenvalue weighted by Gasteiger charge is -2.27. The third-order valence-corrected chi connectivity index (χ3v) is 4.66. The maximum Gasteiger partial charge on any atom is 0.0177 e. The van der Waals surface area contributed by atoms with Crippen LogP contribution in [-0.2, 0) is 12.8 Å². The topological polar surface area (TPSA) is 3.24 Å². The third-order valence-electron chi connectivity index (χ3n) is 3.65. The lowest BCUT2D eigenvalue weighted by molar-refractivity contribution is 0.202. The minimum Gasteiger partial charge on any atom is -0.300 e. The molecule has 0 radical (unpaired) electrons. The molecule has 17 heavy (non-hydrogen) atoms. The van der Waals surface area contributed by atoms with E-state index in [4.69, 9.17) is 0 Å². The van der Waals surface area contributed by atoms with Crippen molar-refractivity contribution in [2.45, 2.75) is 45.6 Å². The van der Waals surface area contributed by atoms with Crippen LogP contribution < -0.4 is 0 Å². The first-order chi connectivity index (χ1) is 8.26. The molecule has 1 unspecified atom stereocenters. The van der Waals surface area contributed by atoms with E-state index in [0.717, 1.165) is 6.04 Å². The van der Waals surface area contributed by atoms with Crippen molar-refractivity contribution in [3.8, 4) is 0 Å². The van der Waals surface area contributed by atoms with E-state index < -0.39 is 0 Å². The number of benzene rings is 1. The summed E-state index contributed by atoms with van der Waals surface area (Å²) >= 11 is 2.48. The minimum atomic E-state index is 0.751. The summed E-state index contributed by atoms with van der Waals surface area (Å²) in [5.41, 5.74) is 3.19. The fraction of sp³-hybridized carbons (Fsp3) is 0.600. The Morgan fingerprint density at radius 1 is 1.18 bits per heavy atom. The van der Waals surface area contributed by atoms with Gasteiger partial charge < -0.3 is 0 Å². The zero-order valence-electron chi connectivity index (χ0n) is 10.9. The molecule has 0 amide bonds. The standard InChI is InChI=1S/C15H22IN/c1-3-8-17(9-4-2)13-10-12-6-5-7-15(16)14(12)11-13/h5-7,13H,3-4,8-11H2,1-2H3. The van der Waals surface area contributed by atoms with E-state index in [1.807, 2.05) is 0 Å². The molecule has 1 aliphatic rings. The number of halogens is 1. The van der Waals surface area contributed by atoms with E-state index in [9.17, 15) is 0 Å². The van der Waals surface area contributed by atoms with Crippen LogP contribution in [0.1, 0.15) is 37.8 Å². The SMILES string of the molecule is CCCN(CCC)C1Cc2cccc(I)c2C1. The van der Waals surface area contributed by atoms with Gasteiger partial charge in [-0.05, 0) is 78.6 Å². The maximum absolute atomic E-state index is 2.69. The van der Waals surface area contributed by atoms with Crippen LogP contribution in [0.15, 0.2) is 18.2 Å². The van der Waals surface area contributed by atoms with Crippen LogP contribution in [0.25, 0.3) is 0 Å². The highest BCUT2D eigenvalue weighted by Gasteiger charge is 2.26. The second-order valence-electron chi connectivity index (χ2n) is 4.98. The van der Waals surface area contributed by atoms with Crippen molar-refractivity contribution in [3.05, 3.63) is 32.9 Å². The number of nitrogens with zero attached hydrogens (tertiary/aromatic N) is 1. The van der Waals surface area contributed by atoms with Crippen LogP contribution in [0.5, 0.6) is 0 Å². The number of hydrogen-bond acceptors (Lipinski definition) is 1. The molecule has 1 atom stereocenters. The van der Waals surface area contributed by atoms with E-state index in [2.05, 4.69) is 59.5 Å². The Balaban J connectivity index is 2.09. The predicted molar refractivity (Wildman–Crippen MR) is 82.5 cm³/mol. The average Bonchev–Trinajstić information content (AvgIpc) is 2.74. The summed E-state index contributed by atoms with van der Waals surface area (Å²) in [5, 5.41) is 0. The Bertz CT molecular complexity index is 369. The van der Waals surface area contributed by atoms with Crippen molar-refractivity contribution in [3.63, 3.8) is 0 Å². The van der Waals surface area contributed by atoms with Crippen molar-refractivity contribution in [1.29, 1.82) is 0 Å². The van der Waals surface area contributed by atoms with Gasteiger partial charge in [0.25, 0.3) is 0 Å². The molecule has 0 spiro atoms. The Labute approximate surface area is 119 Å². The molecule has 94 valence electrons. The van der Waals surface area contributed by atoms with Crippen LogP contribution in [0.3, 0.4) is 0 Å². The van der Waals surface area contributed by atoms with E-state index in [-0.39, 0.29) is 0 Å². The van der Waals surface area contributed by atoms with Crippen LogP contribution in [0, 0.1) is 3.57 Å². The lowest BCUT2D eigenvalue weighted by atomic mass is 10.1. The van der Waals surface area contributed by atoms with Gasteiger partial charge in [0.15, 0.2) is 0 Å². The normalized spacial score (nSPS) is 18.7. The van der Waals surface area contributed by atoms with Gasteiger partial charge in [0.05, 0.1) is 0 Å². The van der Waals surface area contributed by atoms with Crippen LogP contribution in [-0.4, -0.2) is 24.0 Å². The van der Waals surface area contributed by atoms with Gasteiger partial charge in [-0.25, -0.2) is 0 Å². The molecular weight excluding hydrogens is 321 g/mol. The second kappa shape index (κ2) is 6.19. The van der Waals surface area contributed by atoms with Crippen molar-refractivity contribution in [2.24, 2.45) is 0 Å². The van der Waals surface area contributed by atoms with Gasteiger partial charge in [-0.2, -0.15) is 0 Å². The molecule has 0 fully saturated rings. The van der Waals surface area contributed by atoms with Gasteiger partial charge in [0.2, 0.25) is 0 Å². The maximum atomic E-state index is 2.69. The highest BCUT2D eigenvalue weighted by molar-refractivity contribution is 14.1. The highest BCUT2D eigenvalue weighted by atomic mass is 127. The quantitative estimate of drug-likeness (QED) is 0.734. The molecule has 1 nitrogen and oxygen atoms in total. The first-order valence-corrected chi connectivity index (χ1v) is 7.84. The largest absolute Gasteiger partial charge is 0.300 e. The second-order valence-corrected chi connectivity index (χ2v) is 6.14. The first-order valence-electron chi connectivity index (χ1n) is 6.76. The molecule has 2 rings (SSSR count). The molecule has 0 aromatic heterocycles. The van der Waals surface area contributed by atoms with Crippen LogP contribution in [0.2, 0.25) is 0 Å². The summed E-state index contributed by atoms with van der Waals surface area (Å²) in [6.07, 6.45) is 5.05. The van der Waals surface area contributed by atoms with E-state index in [1.165, 1.54) is 42.3 Å². The number of hydrogen-bond donors (Lipinski definition) is 0. The molecule has 0 heterocycles. The minimum absolute atomic E-state index is 0.751. The molecule has 1 aliphatic carbocycles. The molecule has 0 aliphatic heterocycles. The fourth-order valence-corrected chi connectivity index (χ4v) is 3.67. The van der Waals surface area contributed by atoms with Crippen LogP contribution in [0.4, 0.5) is 0 Å². The zero-order valence-corrected chi connectivity index (χ0v) is 13.0. The first kappa shape index (κ1) is 13.3. The Morgan fingerprint density at radius 3 is 2.47 bits per heavy atom.